The molecule has 1 aromatic heterocycles. The van der Waals surface area contributed by atoms with Gasteiger partial charge in [-0.3, -0.25) is 0 Å². The van der Waals surface area contributed by atoms with Gasteiger partial charge in [0.15, 0.2) is 0 Å². The molecule has 82 valence electrons. The molecule has 3 nitrogen and oxygen atoms in total. The summed E-state index contributed by atoms with van der Waals surface area (Å²) in [6.45, 7) is 0. The summed E-state index contributed by atoms with van der Waals surface area (Å²) in [6.07, 6.45) is 2.82. The standard InChI is InChI=1S/C13H12O3/c14-13(15)11-8-9-16-12(11)7-6-10-4-2-1-3-5-10/h1-5,8-9H,6-7H2,(H,14,15). The number of furan rings is 1. The Labute approximate surface area is 93.3 Å². The van der Waals surface area contributed by atoms with E-state index in [1.807, 2.05) is 30.3 Å². The van der Waals surface area contributed by atoms with E-state index in [1.165, 1.54) is 17.9 Å². The van der Waals surface area contributed by atoms with E-state index in [4.69, 9.17) is 9.52 Å². The maximum atomic E-state index is 10.8. The molecule has 1 heterocycles. The van der Waals surface area contributed by atoms with Gasteiger partial charge in [-0.25, -0.2) is 4.79 Å². The second kappa shape index (κ2) is 4.66. The second-order valence-electron chi connectivity index (χ2n) is 3.55. The topological polar surface area (TPSA) is 50.4 Å². The zero-order valence-electron chi connectivity index (χ0n) is 8.72. The SMILES string of the molecule is O=C(O)c1ccoc1CCc1ccccc1. The van der Waals surface area contributed by atoms with Crippen molar-refractivity contribution in [3.63, 3.8) is 0 Å². The molecule has 1 aromatic carbocycles. The van der Waals surface area contributed by atoms with Gasteiger partial charge in [-0.15, -0.1) is 0 Å². The van der Waals surface area contributed by atoms with Crippen molar-refractivity contribution in [2.45, 2.75) is 12.8 Å². The smallest absolute Gasteiger partial charge is 0.339 e. The summed E-state index contributed by atoms with van der Waals surface area (Å²) in [5, 5.41) is 8.89. The molecule has 0 fully saturated rings. The Morgan fingerprint density at radius 2 is 1.88 bits per heavy atom. The van der Waals surface area contributed by atoms with Gasteiger partial charge in [0, 0.05) is 6.42 Å². The molecule has 16 heavy (non-hydrogen) atoms. The minimum absolute atomic E-state index is 0.260. The number of carboxylic acid groups (broad SMARTS) is 1. The van der Waals surface area contributed by atoms with Crippen molar-refractivity contribution >= 4 is 5.97 Å². The average molecular weight is 216 g/mol. The Balaban J connectivity index is 2.05. The first-order chi connectivity index (χ1) is 7.77. The fourth-order valence-electron chi connectivity index (χ4n) is 1.63. The fourth-order valence-corrected chi connectivity index (χ4v) is 1.63. The summed E-state index contributed by atoms with van der Waals surface area (Å²) in [6, 6.07) is 11.4. The first-order valence-electron chi connectivity index (χ1n) is 5.11. The van der Waals surface area contributed by atoms with Crippen LogP contribution in [0.4, 0.5) is 0 Å². The molecule has 0 amide bonds. The third kappa shape index (κ3) is 2.31. The number of carboxylic acids is 1. The molecule has 0 bridgehead atoms. The Bertz CT molecular complexity index is 471. The van der Waals surface area contributed by atoms with Gasteiger partial charge in [-0.2, -0.15) is 0 Å². The molecular weight excluding hydrogens is 204 g/mol. The monoisotopic (exact) mass is 216 g/mol. The van der Waals surface area contributed by atoms with Crippen LogP contribution in [-0.2, 0) is 12.8 Å². The van der Waals surface area contributed by atoms with Crippen LogP contribution in [0.25, 0.3) is 0 Å². The van der Waals surface area contributed by atoms with Crippen LogP contribution in [0.15, 0.2) is 47.1 Å². The van der Waals surface area contributed by atoms with Gasteiger partial charge in [0.25, 0.3) is 0 Å². The van der Waals surface area contributed by atoms with Crippen LogP contribution >= 0.6 is 0 Å². The summed E-state index contributed by atoms with van der Waals surface area (Å²) in [5.41, 5.74) is 1.44. The van der Waals surface area contributed by atoms with E-state index in [-0.39, 0.29) is 5.56 Å². The molecule has 0 atom stereocenters. The first kappa shape index (κ1) is 10.5. The highest BCUT2D eigenvalue weighted by molar-refractivity contribution is 5.88. The average Bonchev–Trinajstić information content (AvgIpc) is 2.76. The van der Waals surface area contributed by atoms with Gasteiger partial charge < -0.3 is 9.52 Å². The van der Waals surface area contributed by atoms with Crippen LogP contribution in [0.2, 0.25) is 0 Å². The van der Waals surface area contributed by atoms with Crippen LogP contribution in [-0.4, -0.2) is 11.1 Å². The predicted octanol–water partition coefficient (Wildman–Crippen LogP) is 2.76. The lowest BCUT2D eigenvalue weighted by molar-refractivity contribution is 0.0694. The predicted molar refractivity (Wildman–Crippen MR) is 59.5 cm³/mol. The van der Waals surface area contributed by atoms with E-state index in [0.717, 1.165) is 6.42 Å². The maximum Gasteiger partial charge on any atom is 0.339 e. The van der Waals surface area contributed by atoms with Crippen LogP contribution in [0.3, 0.4) is 0 Å². The van der Waals surface area contributed by atoms with Crippen molar-refractivity contribution in [3.8, 4) is 0 Å². The Morgan fingerprint density at radius 3 is 2.56 bits per heavy atom. The highest BCUT2D eigenvalue weighted by Crippen LogP contribution is 2.13. The quantitative estimate of drug-likeness (QED) is 0.854. The zero-order valence-corrected chi connectivity index (χ0v) is 8.72. The molecular formula is C13H12O3. The Kier molecular flexibility index (Phi) is 3.05. The summed E-state index contributed by atoms with van der Waals surface area (Å²) in [7, 11) is 0. The number of aromatic carboxylic acids is 1. The van der Waals surface area contributed by atoms with Crippen molar-refractivity contribution in [1.29, 1.82) is 0 Å². The number of carbonyl (C=O) groups is 1. The lowest BCUT2D eigenvalue weighted by Gasteiger charge is -2.00. The molecule has 0 aliphatic rings. The lowest BCUT2D eigenvalue weighted by atomic mass is 10.1. The minimum atomic E-state index is -0.934. The van der Waals surface area contributed by atoms with E-state index in [2.05, 4.69) is 0 Å². The number of rotatable bonds is 4. The van der Waals surface area contributed by atoms with Crippen LogP contribution in [0, 0.1) is 0 Å². The number of hydrogen-bond acceptors (Lipinski definition) is 2. The number of benzene rings is 1. The fraction of sp³-hybridized carbons (Fsp3) is 0.154. The molecule has 0 aliphatic carbocycles. The van der Waals surface area contributed by atoms with Gasteiger partial charge in [0.2, 0.25) is 0 Å². The van der Waals surface area contributed by atoms with Gasteiger partial charge in [-0.1, -0.05) is 30.3 Å². The van der Waals surface area contributed by atoms with Crippen molar-refractivity contribution in [2.75, 3.05) is 0 Å². The molecule has 0 spiro atoms. The molecule has 2 rings (SSSR count). The van der Waals surface area contributed by atoms with Crippen LogP contribution in [0.1, 0.15) is 21.7 Å². The second-order valence-corrected chi connectivity index (χ2v) is 3.55. The largest absolute Gasteiger partial charge is 0.478 e. The normalized spacial score (nSPS) is 10.2. The van der Waals surface area contributed by atoms with Crippen LogP contribution < -0.4 is 0 Å². The molecule has 0 unspecified atom stereocenters. The summed E-state index contributed by atoms with van der Waals surface area (Å²) in [5.74, 6) is -0.395. The lowest BCUT2D eigenvalue weighted by Crippen LogP contribution is -2.00. The molecule has 3 heteroatoms. The molecule has 0 radical (unpaired) electrons. The third-order valence-electron chi connectivity index (χ3n) is 2.46. The van der Waals surface area contributed by atoms with Crippen molar-refractivity contribution < 1.29 is 14.3 Å². The van der Waals surface area contributed by atoms with Gasteiger partial charge in [0.05, 0.1) is 6.26 Å². The van der Waals surface area contributed by atoms with E-state index >= 15 is 0 Å². The Morgan fingerprint density at radius 1 is 1.12 bits per heavy atom. The molecule has 1 N–H and O–H groups in total. The zero-order chi connectivity index (χ0) is 11.4. The summed E-state index contributed by atoms with van der Waals surface area (Å²) >= 11 is 0. The molecule has 0 aliphatic heterocycles. The molecule has 0 saturated carbocycles. The van der Waals surface area contributed by atoms with Gasteiger partial charge in [0.1, 0.15) is 11.3 Å². The minimum Gasteiger partial charge on any atom is -0.478 e. The van der Waals surface area contributed by atoms with Crippen molar-refractivity contribution in [2.24, 2.45) is 0 Å². The highest BCUT2D eigenvalue weighted by atomic mass is 16.4. The van der Waals surface area contributed by atoms with Crippen LogP contribution in [0.5, 0.6) is 0 Å². The maximum absolute atomic E-state index is 10.8. The van der Waals surface area contributed by atoms with Gasteiger partial charge in [-0.05, 0) is 18.1 Å². The molecule has 2 aromatic rings. The van der Waals surface area contributed by atoms with Crippen molar-refractivity contribution in [1.82, 2.24) is 0 Å². The van der Waals surface area contributed by atoms with E-state index in [1.54, 1.807) is 0 Å². The molecule has 0 saturated heterocycles. The van der Waals surface area contributed by atoms with E-state index < -0.39 is 5.97 Å². The van der Waals surface area contributed by atoms with Crippen molar-refractivity contribution in [3.05, 3.63) is 59.5 Å². The highest BCUT2D eigenvalue weighted by Gasteiger charge is 2.12. The first-order valence-corrected chi connectivity index (χ1v) is 5.11. The summed E-state index contributed by atoms with van der Waals surface area (Å²) in [4.78, 5) is 10.8. The third-order valence-corrected chi connectivity index (χ3v) is 2.46. The number of hydrogen-bond donors (Lipinski definition) is 1. The van der Waals surface area contributed by atoms with E-state index in [0.29, 0.717) is 12.2 Å². The van der Waals surface area contributed by atoms with Gasteiger partial charge >= 0.3 is 5.97 Å². The van der Waals surface area contributed by atoms with E-state index in [9.17, 15) is 4.79 Å². The number of aryl methyl sites for hydroxylation is 2. The Hall–Kier alpha value is -2.03. The summed E-state index contributed by atoms with van der Waals surface area (Å²) < 4.78 is 5.17.